The molecule has 344 valence electrons. The summed E-state index contributed by atoms with van der Waals surface area (Å²) in [7, 11) is 0. The summed E-state index contributed by atoms with van der Waals surface area (Å²) in [6.07, 6.45) is 5.26. The smallest absolute Gasteiger partial charge is 0.268 e. The normalized spacial score (nSPS) is 13.2. The van der Waals surface area contributed by atoms with Gasteiger partial charge in [-0.2, -0.15) is 18.2 Å². The molecule has 13 rings (SSSR count). The zero-order valence-electron chi connectivity index (χ0n) is 48.0. The van der Waals surface area contributed by atoms with Crippen LogP contribution in [0.15, 0.2) is 255 Å². The fraction of sp³-hybridized carbons (Fsp3) is 0. The Bertz CT molecular complexity index is 4490. The molecule has 0 aliphatic heterocycles. The maximum atomic E-state index is 9.17. The van der Waals surface area contributed by atoms with Crippen LogP contribution in [0.1, 0.15) is 13.7 Å². The zero-order valence-corrected chi connectivity index (χ0v) is 40.3. The molecule has 0 bridgehead atoms. The number of hydrogen-bond donors (Lipinski definition) is 0. The second-order valence-corrected chi connectivity index (χ2v) is 16.8. The maximum absolute atomic E-state index is 9.17. The van der Waals surface area contributed by atoms with E-state index < -0.39 is 60.4 Å². The summed E-state index contributed by atoms with van der Waals surface area (Å²) in [6, 6.07) is 62.4. The molecule has 5 nitrogen and oxygen atoms in total. The van der Waals surface area contributed by atoms with E-state index in [4.69, 9.17) is 23.4 Å². The van der Waals surface area contributed by atoms with Crippen LogP contribution in [0, 0.1) is 18.5 Å². The second-order valence-electron chi connectivity index (χ2n) is 16.8. The first kappa shape index (κ1) is 34.4. The molecule has 0 spiro atoms. The molecule has 3 aromatic heterocycles. The van der Waals surface area contributed by atoms with E-state index in [0.717, 1.165) is 49.6 Å². The summed E-state index contributed by atoms with van der Waals surface area (Å²) in [4.78, 5) is 4.74. The molecule has 0 radical (unpaired) electrons. The van der Waals surface area contributed by atoms with Crippen molar-refractivity contribution < 1.29 is 44.1 Å². The Kier molecular flexibility index (Phi) is 9.14. The van der Waals surface area contributed by atoms with E-state index in [2.05, 4.69) is 77.6 Å². The third-order valence-electron chi connectivity index (χ3n) is 12.6. The van der Waals surface area contributed by atoms with E-state index in [9.17, 15) is 0 Å². The fourth-order valence-corrected chi connectivity index (χ4v) is 9.41. The summed E-state index contributed by atoms with van der Waals surface area (Å²) in [5, 5.41) is 1.97. The first-order valence-corrected chi connectivity index (χ1v) is 23.0. The monoisotopic (exact) mass is 1110 g/mol. The molecule has 0 unspecified atom stereocenters. The van der Waals surface area contributed by atoms with Gasteiger partial charge in [0.15, 0.2) is 0 Å². The van der Waals surface area contributed by atoms with Gasteiger partial charge in [-0.1, -0.05) is 217 Å². The van der Waals surface area contributed by atoms with Gasteiger partial charge in [0.25, 0.3) is 6.33 Å². The number of hydrogen-bond acceptors (Lipinski definition) is 2. The average molecular weight is 1110 g/mol. The number of benzene rings is 10. The fourth-order valence-electron chi connectivity index (χ4n) is 9.41. The van der Waals surface area contributed by atoms with Gasteiger partial charge in [-0.25, -0.2) is 4.98 Å². The van der Waals surface area contributed by atoms with Gasteiger partial charge in [0.2, 0.25) is 0 Å². The Morgan fingerprint density at radius 1 is 0.472 bits per heavy atom. The molecule has 0 amide bonds. The molecule has 13 aromatic rings. The Labute approximate surface area is 446 Å². The van der Waals surface area contributed by atoms with Crippen molar-refractivity contribution in [3.63, 3.8) is 0 Å². The predicted molar refractivity (Wildman–Crippen MR) is 287 cm³/mol. The third-order valence-corrected chi connectivity index (χ3v) is 12.6. The van der Waals surface area contributed by atoms with E-state index >= 15 is 0 Å². The third kappa shape index (κ3) is 8.10. The minimum absolute atomic E-state index is 0. The molecule has 0 aliphatic carbocycles. The minimum atomic E-state index is -0.582. The maximum Gasteiger partial charge on any atom is 0.268 e. The molecule has 10 aromatic carbocycles. The number of fused-ring (bicyclic) bond motifs is 4. The number of rotatable bonds is 10. The average Bonchev–Trinajstić information content (AvgIpc) is 3.29. The number of imidazole rings is 1. The Balaban J connectivity index is 0.00000665. The largest absolute Gasteiger partial charge is 0.509 e. The van der Waals surface area contributed by atoms with Gasteiger partial charge >= 0.3 is 0 Å². The van der Waals surface area contributed by atoms with Gasteiger partial charge in [-0.05, 0) is 79.8 Å². The molecule has 72 heavy (non-hydrogen) atoms. The van der Waals surface area contributed by atoms with Crippen LogP contribution in [0.25, 0.3) is 106 Å². The molecular weight excluding hydrogens is 1060 g/mol. The van der Waals surface area contributed by atoms with Gasteiger partial charge < -0.3 is 13.9 Å². The van der Waals surface area contributed by atoms with Gasteiger partial charge in [-0.15, -0.1) is 23.6 Å². The van der Waals surface area contributed by atoms with E-state index in [1.807, 2.05) is 115 Å². The molecule has 0 atom stereocenters. The van der Waals surface area contributed by atoms with Crippen molar-refractivity contribution in [2.24, 2.45) is 0 Å². The minimum Gasteiger partial charge on any atom is -0.509 e. The quantitative estimate of drug-likeness (QED) is 0.101. The van der Waals surface area contributed by atoms with Gasteiger partial charge in [0.1, 0.15) is 5.82 Å². The van der Waals surface area contributed by atoms with Crippen molar-refractivity contribution in [3.8, 4) is 84.3 Å². The van der Waals surface area contributed by atoms with Crippen LogP contribution in [0.2, 0.25) is 0 Å². The van der Waals surface area contributed by atoms with Crippen LogP contribution < -0.4 is 9.30 Å². The molecule has 0 aliphatic rings. The number of aromatic nitrogens is 4. The number of ether oxygens (including phenoxy) is 1. The van der Waals surface area contributed by atoms with Crippen molar-refractivity contribution in [2.45, 2.75) is 0 Å². The van der Waals surface area contributed by atoms with Crippen molar-refractivity contribution in [3.05, 3.63) is 273 Å². The standard InChI is InChI=1S/C66H42N4O.Pt/c1-5-20-46(21-6-1)50-40-51(47-22-7-2-8-23-47)42-52(41-50)55-37-35-53(43-64(55)71-54-36-38-59-58-28-13-14-31-60(58)70(63(59)44-54)65-34-17-18-39-67-65)68-45-69(62-33-16-15-32-61(62)68)66-56(48-24-9-3-10-25-48)29-19-30-57(66)49-26-11-4-12-27-49;/h1-42H;/q-2;/i3D,4D,9D,10D,11D,12D,24D,25D,26D,27D;. The second kappa shape index (κ2) is 19.1. The van der Waals surface area contributed by atoms with Crippen LogP contribution in [-0.2, 0) is 21.1 Å². The Morgan fingerprint density at radius 3 is 1.75 bits per heavy atom. The molecule has 0 fully saturated rings. The van der Waals surface area contributed by atoms with Crippen molar-refractivity contribution in [1.29, 1.82) is 0 Å². The van der Waals surface area contributed by atoms with Gasteiger partial charge in [-0.3, -0.25) is 4.57 Å². The van der Waals surface area contributed by atoms with Crippen molar-refractivity contribution in [1.82, 2.24) is 14.1 Å². The van der Waals surface area contributed by atoms with Gasteiger partial charge in [0, 0.05) is 44.3 Å². The van der Waals surface area contributed by atoms with E-state index in [-0.39, 0.29) is 49.0 Å². The van der Waals surface area contributed by atoms with Crippen LogP contribution in [0.3, 0.4) is 0 Å². The molecule has 6 heteroatoms. The Hall–Kier alpha value is -8.89. The first-order chi connectivity index (χ1) is 39.4. The number of nitrogens with zero attached hydrogens (tertiary/aromatic N) is 4. The number of para-hydroxylation sites is 4. The topological polar surface area (TPSA) is 35.9 Å². The molecule has 3 heterocycles. The predicted octanol–water partition coefficient (Wildman–Crippen LogP) is 15.9. The Morgan fingerprint density at radius 2 is 1.08 bits per heavy atom. The number of pyridine rings is 1. The summed E-state index contributed by atoms with van der Waals surface area (Å²) >= 11 is 0. The van der Waals surface area contributed by atoms with Crippen LogP contribution in [-0.4, -0.2) is 14.1 Å². The van der Waals surface area contributed by atoms with Crippen molar-refractivity contribution >= 4 is 32.8 Å². The molecule has 0 saturated carbocycles. The first-order valence-electron chi connectivity index (χ1n) is 28.0. The molecule has 0 N–H and O–H groups in total. The van der Waals surface area contributed by atoms with Crippen LogP contribution in [0.5, 0.6) is 11.5 Å². The van der Waals surface area contributed by atoms with E-state index in [1.54, 1.807) is 33.5 Å². The van der Waals surface area contributed by atoms with E-state index in [1.165, 1.54) is 0 Å². The summed E-state index contributed by atoms with van der Waals surface area (Å²) in [5.41, 5.74) is 8.89. The molecular formula is C66H42N4OPt-2. The SMILES string of the molecule is [2H]c1c([2H])c([2H])c(-c2cccc(-c3c([2H])c([2H])c([2H])c([2H])c3[2H])c2-[n+]2[c-]n(-c3[c-]c(Oc4[c-]c5c(cc4)c4ccccc4n5-c4ccccn4)c(-c4cc(-c5ccccc5)cc(-c5ccccc5)c4)cc3)c3ccccc32)c([2H])c1[2H].[Pt]. The van der Waals surface area contributed by atoms with E-state index in [0.29, 0.717) is 39.6 Å². The zero-order chi connectivity index (χ0) is 55.8. The van der Waals surface area contributed by atoms with Crippen molar-refractivity contribution in [2.75, 3.05) is 0 Å². The summed E-state index contributed by atoms with van der Waals surface area (Å²) in [5.74, 6) is 1.44. The van der Waals surface area contributed by atoms with Gasteiger partial charge in [0.05, 0.1) is 30.4 Å². The summed E-state index contributed by atoms with van der Waals surface area (Å²) in [6.45, 7) is 0. The summed E-state index contributed by atoms with van der Waals surface area (Å²) < 4.78 is 101. The molecule has 0 saturated heterocycles. The van der Waals surface area contributed by atoms with Crippen LogP contribution >= 0.6 is 0 Å². The van der Waals surface area contributed by atoms with Crippen LogP contribution in [0.4, 0.5) is 0 Å².